The largest absolute Gasteiger partial charge is 0.303 e. The van der Waals surface area contributed by atoms with Gasteiger partial charge in [0.25, 0.3) is 0 Å². The Hall–Kier alpha value is -0.590. The Balaban J connectivity index is 2.24. The number of nitriles is 1. The molecule has 0 aliphatic carbocycles. The second-order valence-electron chi connectivity index (χ2n) is 5.40. The van der Waals surface area contributed by atoms with Gasteiger partial charge in [-0.3, -0.25) is 5.32 Å². The first-order chi connectivity index (χ1) is 8.22. The van der Waals surface area contributed by atoms with Crippen molar-refractivity contribution in [3.63, 3.8) is 0 Å². The van der Waals surface area contributed by atoms with Gasteiger partial charge in [0.15, 0.2) is 0 Å². The van der Waals surface area contributed by atoms with Crippen molar-refractivity contribution in [2.24, 2.45) is 0 Å². The van der Waals surface area contributed by atoms with Gasteiger partial charge in [0.05, 0.1) is 12.1 Å². The van der Waals surface area contributed by atoms with Crippen LogP contribution in [0.4, 0.5) is 0 Å². The van der Waals surface area contributed by atoms with E-state index in [1.165, 1.54) is 45.2 Å². The normalized spacial score (nSPS) is 20.6. The molecule has 0 aromatic carbocycles. The fourth-order valence-corrected chi connectivity index (χ4v) is 2.44. The Labute approximate surface area is 106 Å². The summed E-state index contributed by atoms with van der Waals surface area (Å²) in [6, 6.07) is 2.77. The summed E-state index contributed by atoms with van der Waals surface area (Å²) < 4.78 is 0. The first-order valence-corrected chi connectivity index (χ1v) is 7.10. The fourth-order valence-electron chi connectivity index (χ4n) is 2.44. The van der Waals surface area contributed by atoms with Crippen LogP contribution in [0.15, 0.2) is 0 Å². The van der Waals surface area contributed by atoms with E-state index < -0.39 is 0 Å². The van der Waals surface area contributed by atoms with Crippen LogP contribution in [0.3, 0.4) is 0 Å². The van der Waals surface area contributed by atoms with Gasteiger partial charge in [-0.1, -0.05) is 19.3 Å². The maximum Gasteiger partial charge on any atom is 0.0967 e. The van der Waals surface area contributed by atoms with Crippen LogP contribution in [-0.2, 0) is 0 Å². The zero-order valence-electron chi connectivity index (χ0n) is 11.4. The van der Waals surface area contributed by atoms with E-state index in [4.69, 9.17) is 5.26 Å². The maximum atomic E-state index is 9.07. The fraction of sp³-hybridized carbons (Fsp3) is 0.929. The van der Waals surface area contributed by atoms with Gasteiger partial charge in [-0.25, -0.2) is 0 Å². The van der Waals surface area contributed by atoms with E-state index in [1.54, 1.807) is 0 Å². The van der Waals surface area contributed by atoms with E-state index in [0.29, 0.717) is 6.04 Å². The lowest BCUT2D eigenvalue weighted by Crippen LogP contribution is -2.37. The summed E-state index contributed by atoms with van der Waals surface area (Å²) in [7, 11) is 0. The Kier molecular flexibility index (Phi) is 7.23. The quantitative estimate of drug-likeness (QED) is 0.798. The zero-order valence-corrected chi connectivity index (χ0v) is 11.4. The average Bonchev–Trinajstić information content (AvgIpc) is 2.25. The molecule has 1 aliphatic rings. The molecule has 98 valence electrons. The van der Waals surface area contributed by atoms with Gasteiger partial charge in [0.1, 0.15) is 0 Å². The van der Waals surface area contributed by atoms with Crippen molar-refractivity contribution < 1.29 is 0 Å². The lowest BCUT2D eigenvalue weighted by atomic mass is 10.1. The van der Waals surface area contributed by atoms with Gasteiger partial charge >= 0.3 is 0 Å². The van der Waals surface area contributed by atoms with Crippen LogP contribution in [-0.4, -0.2) is 36.6 Å². The minimum Gasteiger partial charge on any atom is -0.303 e. The lowest BCUT2D eigenvalue weighted by molar-refractivity contribution is 0.238. The third-order valence-electron chi connectivity index (χ3n) is 3.37. The number of hydrogen-bond acceptors (Lipinski definition) is 3. The van der Waals surface area contributed by atoms with Crippen LogP contribution < -0.4 is 5.32 Å². The summed E-state index contributed by atoms with van der Waals surface area (Å²) in [5, 5.41) is 12.4. The van der Waals surface area contributed by atoms with Crippen molar-refractivity contribution in [2.45, 2.75) is 64.5 Å². The second-order valence-corrected chi connectivity index (χ2v) is 5.40. The van der Waals surface area contributed by atoms with E-state index in [0.717, 1.165) is 13.0 Å². The zero-order chi connectivity index (χ0) is 12.5. The maximum absolute atomic E-state index is 9.07. The summed E-state index contributed by atoms with van der Waals surface area (Å²) >= 11 is 0. The topological polar surface area (TPSA) is 39.1 Å². The number of likely N-dealkylation sites (tertiary alicyclic amines) is 1. The highest BCUT2D eigenvalue weighted by atomic mass is 15.1. The Morgan fingerprint density at radius 3 is 2.24 bits per heavy atom. The molecule has 17 heavy (non-hydrogen) atoms. The number of hydrogen-bond donors (Lipinski definition) is 1. The number of nitrogens with one attached hydrogen (secondary N) is 1. The minimum atomic E-state index is 0.0143. The van der Waals surface area contributed by atoms with Gasteiger partial charge < -0.3 is 4.90 Å². The second kappa shape index (κ2) is 8.49. The molecular formula is C14H27N3. The van der Waals surface area contributed by atoms with Crippen molar-refractivity contribution in [2.75, 3.05) is 19.6 Å². The summed E-state index contributed by atoms with van der Waals surface area (Å²) in [5.41, 5.74) is 0. The molecule has 1 heterocycles. The lowest BCUT2D eigenvalue weighted by Gasteiger charge is -2.25. The summed E-state index contributed by atoms with van der Waals surface area (Å²) in [6.45, 7) is 7.71. The molecule has 0 saturated carbocycles. The number of rotatable bonds is 5. The molecule has 3 nitrogen and oxygen atoms in total. The first kappa shape index (κ1) is 14.5. The number of nitrogens with zero attached hydrogens (tertiary/aromatic N) is 2. The molecule has 1 saturated heterocycles. The first-order valence-electron chi connectivity index (χ1n) is 7.10. The van der Waals surface area contributed by atoms with E-state index in [-0.39, 0.29) is 6.04 Å². The van der Waals surface area contributed by atoms with Crippen LogP contribution in [0.1, 0.15) is 52.4 Å². The summed E-state index contributed by atoms with van der Waals surface area (Å²) in [5.74, 6) is 0. The molecule has 0 radical (unpaired) electrons. The highest BCUT2D eigenvalue weighted by molar-refractivity contribution is 4.91. The minimum absolute atomic E-state index is 0.0143. The standard InChI is InChI=1S/C14H27N3/c1-13(2)16-14(12-15)8-11-17-9-6-4-3-5-7-10-17/h13-14,16H,3-11H2,1-2H3. The Morgan fingerprint density at radius 1 is 1.12 bits per heavy atom. The van der Waals surface area contributed by atoms with Crippen LogP contribution >= 0.6 is 0 Å². The molecule has 1 aliphatic heterocycles. The third-order valence-corrected chi connectivity index (χ3v) is 3.37. The van der Waals surface area contributed by atoms with Crippen LogP contribution in [0.25, 0.3) is 0 Å². The Morgan fingerprint density at radius 2 is 1.71 bits per heavy atom. The van der Waals surface area contributed by atoms with E-state index in [2.05, 4.69) is 30.1 Å². The van der Waals surface area contributed by atoms with Crippen LogP contribution in [0.2, 0.25) is 0 Å². The smallest absolute Gasteiger partial charge is 0.0967 e. The molecule has 0 amide bonds. The third kappa shape index (κ3) is 6.65. The monoisotopic (exact) mass is 237 g/mol. The molecule has 1 rings (SSSR count). The molecule has 0 aromatic rings. The highest BCUT2D eigenvalue weighted by Gasteiger charge is 2.12. The molecule has 1 unspecified atom stereocenters. The average molecular weight is 237 g/mol. The summed E-state index contributed by atoms with van der Waals surface area (Å²) in [4.78, 5) is 2.53. The van der Waals surface area contributed by atoms with Crippen molar-refractivity contribution >= 4 is 0 Å². The molecule has 1 atom stereocenters. The van der Waals surface area contributed by atoms with Gasteiger partial charge in [0, 0.05) is 12.6 Å². The van der Waals surface area contributed by atoms with E-state index in [1.807, 2.05) is 0 Å². The van der Waals surface area contributed by atoms with Gasteiger partial charge in [-0.2, -0.15) is 5.26 Å². The summed E-state index contributed by atoms with van der Waals surface area (Å²) in [6.07, 6.45) is 7.77. The van der Waals surface area contributed by atoms with Crippen LogP contribution in [0.5, 0.6) is 0 Å². The van der Waals surface area contributed by atoms with Crippen molar-refractivity contribution in [1.29, 1.82) is 5.26 Å². The SMILES string of the molecule is CC(C)NC(C#N)CCN1CCCCCCC1. The molecule has 1 N–H and O–H groups in total. The molecule has 3 heteroatoms. The van der Waals surface area contributed by atoms with Gasteiger partial charge in [0.2, 0.25) is 0 Å². The highest BCUT2D eigenvalue weighted by Crippen LogP contribution is 2.11. The molecular weight excluding hydrogens is 210 g/mol. The predicted octanol–water partition coefficient (Wildman–Crippen LogP) is 2.53. The predicted molar refractivity (Wildman–Crippen MR) is 71.8 cm³/mol. The van der Waals surface area contributed by atoms with Gasteiger partial charge in [-0.05, 0) is 46.2 Å². The van der Waals surface area contributed by atoms with Crippen molar-refractivity contribution in [1.82, 2.24) is 10.2 Å². The molecule has 1 fully saturated rings. The van der Waals surface area contributed by atoms with E-state index in [9.17, 15) is 0 Å². The molecule has 0 bridgehead atoms. The Bertz CT molecular complexity index is 224. The van der Waals surface area contributed by atoms with Crippen molar-refractivity contribution in [3.05, 3.63) is 0 Å². The molecule has 0 aromatic heterocycles. The van der Waals surface area contributed by atoms with Gasteiger partial charge in [-0.15, -0.1) is 0 Å². The van der Waals surface area contributed by atoms with E-state index >= 15 is 0 Å². The molecule has 0 spiro atoms. The van der Waals surface area contributed by atoms with Crippen molar-refractivity contribution in [3.8, 4) is 6.07 Å². The van der Waals surface area contributed by atoms with Crippen LogP contribution in [0, 0.1) is 11.3 Å².